The first-order valence-electron chi connectivity index (χ1n) is 8.79. The van der Waals surface area contributed by atoms with Crippen molar-refractivity contribution < 1.29 is 14.3 Å². The van der Waals surface area contributed by atoms with Gasteiger partial charge in [-0.3, -0.25) is 4.79 Å². The number of carbonyl (C=O) groups is 2. The van der Waals surface area contributed by atoms with Crippen molar-refractivity contribution in [2.24, 2.45) is 0 Å². The highest BCUT2D eigenvalue weighted by Gasteiger charge is 2.24. The summed E-state index contributed by atoms with van der Waals surface area (Å²) in [6.45, 7) is 3.98. The quantitative estimate of drug-likeness (QED) is 0.707. The van der Waals surface area contributed by atoms with Crippen LogP contribution in [0, 0.1) is 13.8 Å². The van der Waals surface area contributed by atoms with Crippen molar-refractivity contribution in [1.29, 1.82) is 0 Å². The fourth-order valence-corrected chi connectivity index (χ4v) is 3.14. The maximum Gasteiger partial charge on any atom is 0.328 e. The number of rotatable bonds is 5. The summed E-state index contributed by atoms with van der Waals surface area (Å²) in [6, 6.07) is 16.2. The maximum atomic E-state index is 12.7. The molecule has 1 aromatic heterocycles. The Morgan fingerprint density at radius 2 is 1.70 bits per heavy atom. The van der Waals surface area contributed by atoms with Crippen molar-refractivity contribution in [2.75, 3.05) is 7.11 Å². The van der Waals surface area contributed by atoms with E-state index in [1.807, 2.05) is 62.4 Å². The topological polar surface area (TPSA) is 68.3 Å². The average Bonchev–Trinajstić information content (AvgIpc) is 2.68. The van der Waals surface area contributed by atoms with Gasteiger partial charge in [0.1, 0.15) is 11.7 Å². The minimum absolute atomic E-state index is 0.268. The van der Waals surface area contributed by atoms with E-state index in [-0.39, 0.29) is 5.69 Å². The third kappa shape index (κ3) is 4.14. The normalized spacial score (nSPS) is 11.8. The van der Waals surface area contributed by atoms with E-state index in [2.05, 4.69) is 10.3 Å². The number of hydrogen-bond donors (Lipinski definition) is 1. The molecule has 1 heterocycles. The van der Waals surface area contributed by atoms with Crippen molar-refractivity contribution >= 4 is 22.8 Å². The lowest BCUT2D eigenvalue weighted by molar-refractivity contribution is -0.142. The van der Waals surface area contributed by atoms with E-state index < -0.39 is 17.9 Å². The zero-order chi connectivity index (χ0) is 19.4. The number of pyridine rings is 1. The van der Waals surface area contributed by atoms with Crippen molar-refractivity contribution in [1.82, 2.24) is 10.3 Å². The van der Waals surface area contributed by atoms with Gasteiger partial charge < -0.3 is 10.1 Å². The monoisotopic (exact) mass is 362 g/mol. The van der Waals surface area contributed by atoms with Crippen LogP contribution in [0.15, 0.2) is 54.6 Å². The van der Waals surface area contributed by atoms with E-state index in [0.717, 1.165) is 27.6 Å². The van der Waals surface area contributed by atoms with Gasteiger partial charge in [-0.05, 0) is 42.7 Å². The molecule has 0 fully saturated rings. The molecular formula is C22H22N2O3. The predicted octanol–water partition coefficient (Wildman–Crippen LogP) is 3.37. The molecule has 2 aromatic carbocycles. The number of para-hydroxylation sites is 1. The minimum atomic E-state index is -0.782. The molecule has 1 atom stereocenters. The van der Waals surface area contributed by atoms with E-state index in [1.165, 1.54) is 7.11 Å². The number of carbonyl (C=O) groups excluding carboxylic acids is 2. The number of methoxy groups -OCH3 is 1. The molecule has 5 nitrogen and oxygen atoms in total. The molecule has 0 spiro atoms. The maximum absolute atomic E-state index is 12.7. The Morgan fingerprint density at radius 1 is 1.00 bits per heavy atom. The smallest absolute Gasteiger partial charge is 0.328 e. The molecule has 3 rings (SSSR count). The molecule has 0 bridgehead atoms. The van der Waals surface area contributed by atoms with Gasteiger partial charge in [0.15, 0.2) is 0 Å². The van der Waals surface area contributed by atoms with E-state index in [0.29, 0.717) is 6.42 Å². The molecule has 1 amide bonds. The van der Waals surface area contributed by atoms with Gasteiger partial charge in [-0.1, -0.05) is 42.5 Å². The summed E-state index contributed by atoms with van der Waals surface area (Å²) in [5, 5.41) is 3.73. The Labute approximate surface area is 158 Å². The summed E-state index contributed by atoms with van der Waals surface area (Å²) >= 11 is 0. The van der Waals surface area contributed by atoms with Gasteiger partial charge in [-0.25, -0.2) is 9.78 Å². The number of fused-ring (bicyclic) bond motifs is 1. The summed E-state index contributed by atoms with van der Waals surface area (Å²) in [4.78, 5) is 29.3. The molecule has 0 aliphatic carbocycles. The van der Waals surface area contributed by atoms with Crippen LogP contribution in [0.2, 0.25) is 0 Å². The summed E-state index contributed by atoms with van der Waals surface area (Å²) in [7, 11) is 1.32. The van der Waals surface area contributed by atoms with Crippen LogP contribution in [0.5, 0.6) is 0 Å². The van der Waals surface area contributed by atoms with Crippen LogP contribution in [0.1, 0.15) is 27.2 Å². The molecule has 5 heteroatoms. The van der Waals surface area contributed by atoms with Gasteiger partial charge in [-0.15, -0.1) is 0 Å². The molecule has 0 saturated carbocycles. The highest BCUT2D eigenvalue weighted by atomic mass is 16.5. The third-order valence-electron chi connectivity index (χ3n) is 4.67. The largest absolute Gasteiger partial charge is 0.467 e. The summed E-state index contributed by atoms with van der Waals surface area (Å²) in [5.41, 5.74) is 4.17. The van der Waals surface area contributed by atoms with Crippen molar-refractivity contribution in [3.05, 3.63) is 77.0 Å². The fraction of sp³-hybridized carbons (Fsp3) is 0.227. The molecule has 0 unspecified atom stereocenters. The Kier molecular flexibility index (Phi) is 5.50. The minimum Gasteiger partial charge on any atom is -0.467 e. The summed E-state index contributed by atoms with van der Waals surface area (Å²) < 4.78 is 4.90. The van der Waals surface area contributed by atoms with E-state index in [9.17, 15) is 9.59 Å². The SMILES string of the molecule is COC(=O)[C@@H](Cc1c(C)cccc1C)NC(=O)c1ccc2ccccc2n1. The first-order valence-corrected chi connectivity index (χ1v) is 8.79. The van der Waals surface area contributed by atoms with Crippen LogP contribution >= 0.6 is 0 Å². The van der Waals surface area contributed by atoms with Gasteiger partial charge in [0.05, 0.1) is 12.6 Å². The molecule has 138 valence electrons. The first kappa shape index (κ1) is 18.6. The summed E-state index contributed by atoms with van der Waals surface area (Å²) in [5.74, 6) is -0.880. The standard InChI is InChI=1S/C22H22N2O3/c1-14-7-6-8-15(2)17(14)13-20(22(26)27-3)24-21(25)19-12-11-16-9-4-5-10-18(16)23-19/h4-12,20H,13H2,1-3H3,(H,24,25)/t20-/m1/s1. The highest BCUT2D eigenvalue weighted by molar-refractivity contribution is 5.97. The Balaban J connectivity index is 1.85. The zero-order valence-corrected chi connectivity index (χ0v) is 15.7. The highest BCUT2D eigenvalue weighted by Crippen LogP contribution is 2.17. The molecule has 3 aromatic rings. The van der Waals surface area contributed by atoms with Crippen LogP contribution in [0.4, 0.5) is 0 Å². The summed E-state index contributed by atoms with van der Waals surface area (Å²) in [6.07, 6.45) is 0.366. The zero-order valence-electron chi connectivity index (χ0n) is 15.7. The van der Waals surface area contributed by atoms with Crippen LogP contribution in [-0.2, 0) is 16.0 Å². The van der Waals surface area contributed by atoms with Gasteiger partial charge >= 0.3 is 5.97 Å². The second-order valence-corrected chi connectivity index (χ2v) is 6.51. The molecular weight excluding hydrogens is 340 g/mol. The number of ether oxygens (including phenoxy) is 1. The van der Waals surface area contributed by atoms with Crippen LogP contribution in [0.25, 0.3) is 10.9 Å². The van der Waals surface area contributed by atoms with Gasteiger partial charge in [0, 0.05) is 11.8 Å². The number of amides is 1. The van der Waals surface area contributed by atoms with Gasteiger partial charge in [-0.2, -0.15) is 0 Å². The number of benzene rings is 2. The molecule has 27 heavy (non-hydrogen) atoms. The number of nitrogens with one attached hydrogen (secondary N) is 1. The lowest BCUT2D eigenvalue weighted by Gasteiger charge is -2.19. The lowest BCUT2D eigenvalue weighted by atomic mass is 9.96. The Bertz CT molecular complexity index is 978. The fourth-order valence-electron chi connectivity index (χ4n) is 3.14. The number of aryl methyl sites for hydroxylation is 2. The second-order valence-electron chi connectivity index (χ2n) is 6.51. The number of nitrogens with zero attached hydrogens (tertiary/aromatic N) is 1. The van der Waals surface area contributed by atoms with Crippen LogP contribution in [0.3, 0.4) is 0 Å². The van der Waals surface area contributed by atoms with Gasteiger partial charge in [0.2, 0.25) is 0 Å². The van der Waals surface area contributed by atoms with Crippen LogP contribution in [-0.4, -0.2) is 30.0 Å². The Hall–Kier alpha value is -3.21. The van der Waals surface area contributed by atoms with Crippen molar-refractivity contribution in [3.63, 3.8) is 0 Å². The van der Waals surface area contributed by atoms with E-state index in [1.54, 1.807) is 6.07 Å². The third-order valence-corrected chi connectivity index (χ3v) is 4.67. The number of aromatic nitrogens is 1. The predicted molar refractivity (Wildman–Crippen MR) is 105 cm³/mol. The Morgan fingerprint density at radius 3 is 2.41 bits per heavy atom. The first-order chi connectivity index (χ1) is 13.0. The van der Waals surface area contributed by atoms with E-state index >= 15 is 0 Å². The molecule has 0 aliphatic rings. The lowest BCUT2D eigenvalue weighted by Crippen LogP contribution is -2.43. The number of hydrogen-bond acceptors (Lipinski definition) is 4. The van der Waals surface area contributed by atoms with E-state index in [4.69, 9.17) is 4.74 Å². The van der Waals surface area contributed by atoms with Crippen LogP contribution < -0.4 is 5.32 Å². The molecule has 0 radical (unpaired) electrons. The molecule has 1 N–H and O–H groups in total. The second kappa shape index (κ2) is 7.99. The van der Waals surface area contributed by atoms with Gasteiger partial charge in [0.25, 0.3) is 5.91 Å². The van der Waals surface area contributed by atoms with Crippen molar-refractivity contribution in [3.8, 4) is 0 Å². The average molecular weight is 362 g/mol. The molecule has 0 saturated heterocycles. The van der Waals surface area contributed by atoms with Crippen molar-refractivity contribution in [2.45, 2.75) is 26.3 Å². The number of esters is 1. The molecule has 0 aliphatic heterocycles.